The van der Waals surface area contributed by atoms with Crippen molar-refractivity contribution in [2.45, 2.75) is 6.04 Å². The van der Waals surface area contributed by atoms with Crippen molar-refractivity contribution in [3.8, 4) is 0 Å². The summed E-state index contributed by atoms with van der Waals surface area (Å²) in [4.78, 5) is 23.1. The molecule has 18 heavy (non-hydrogen) atoms. The highest BCUT2D eigenvalue weighted by Crippen LogP contribution is 2.33. The lowest BCUT2D eigenvalue weighted by Crippen LogP contribution is -2.38. The van der Waals surface area contributed by atoms with E-state index in [0.29, 0.717) is 16.3 Å². The fourth-order valence-electron chi connectivity index (χ4n) is 2.16. The number of carbonyl (C=O) groups is 2. The number of halogens is 1. The first kappa shape index (κ1) is 11.2. The predicted molar refractivity (Wildman–Crippen MR) is 64.8 cm³/mol. The number of hydrogen-bond donors (Lipinski definition) is 1. The average molecular weight is 262 g/mol. The Kier molecular flexibility index (Phi) is 2.36. The molecule has 0 aromatic heterocycles. The number of fused-ring (bicyclic) bond motifs is 1. The zero-order valence-corrected chi connectivity index (χ0v) is 9.89. The van der Waals surface area contributed by atoms with E-state index in [1.165, 1.54) is 12.2 Å². The molecule has 0 aromatic rings. The Bertz CT molecular complexity index is 622. The molecule has 1 atom stereocenters. The van der Waals surface area contributed by atoms with Crippen molar-refractivity contribution < 1.29 is 14.8 Å². The van der Waals surface area contributed by atoms with Gasteiger partial charge >= 0.3 is 0 Å². The largest absolute Gasteiger partial charge is 0.287 e. The van der Waals surface area contributed by atoms with Gasteiger partial charge in [-0.3, -0.25) is 14.8 Å². The van der Waals surface area contributed by atoms with E-state index in [9.17, 15) is 14.8 Å². The van der Waals surface area contributed by atoms with E-state index in [1.54, 1.807) is 24.3 Å². The molecule has 0 radical (unpaired) electrons. The van der Waals surface area contributed by atoms with Gasteiger partial charge in [-0.25, -0.2) is 5.06 Å². The lowest BCUT2D eigenvalue weighted by atomic mass is 9.89. The number of carbonyl (C=O) groups excluding carboxylic acids is 2. The summed E-state index contributed by atoms with van der Waals surface area (Å²) < 4.78 is 0. The van der Waals surface area contributed by atoms with Crippen LogP contribution in [0, 0.1) is 0 Å². The number of hydrogen-bond acceptors (Lipinski definition) is 4. The highest BCUT2D eigenvalue weighted by atomic mass is 35.5. The summed E-state index contributed by atoms with van der Waals surface area (Å²) >= 11 is 5.88. The average Bonchev–Trinajstić information content (AvgIpc) is 2.34. The van der Waals surface area contributed by atoms with Crippen molar-refractivity contribution in [1.82, 2.24) is 5.06 Å². The smallest absolute Gasteiger partial charge is 0.235 e. The van der Waals surface area contributed by atoms with Crippen molar-refractivity contribution >= 4 is 23.2 Å². The van der Waals surface area contributed by atoms with Crippen LogP contribution in [0.4, 0.5) is 0 Å². The van der Waals surface area contributed by atoms with Crippen LogP contribution in [0.2, 0.25) is 0 Å². The molecular weight excluding hydrogens is 254 g/mol. The molecule has 1 aliphatic heterocycles. The third kappa shape index (κ3) is 1.50. The molecule has 0 amide bonds. The molecular formula is C13H8ClNO3. The van der Waals surface area contributed by atoms with E-state index < -0.39 is 11.6 Å². The van der Waals surface area contributed by atoms with Gasteiger partial charge in [-0.2, -0.15) is 0 Å². The number of nitrogens with zero attached hydrogens (tertiary/aromatic N) is 1. The molecule has 5 heteroatoms. The zero-order chi connectivity index (χ0) is 12.9. The Morgan fingerprint density at radius 3 is 2.72 bits per heavy atom. The fraction of sp³-hybridized carbons (Fsp3) is 0.0769. The van der Waals surface area contributed by atoms with Gasteiger partial charge in [-0.15, -0.1) is 0 Å². The summed E-state index contributed by atoms with van der Waals surface area (Å²) in [5.74, 6) is -1.20. The zero-order valence-electron chi connectivity index (χ0n) is 9.13. The summed E-state index contributed by atoms with van der Waals surface area (Å²) in [5.41, 5.74) is 1.22. The normalized spacial score (nSPS) is 25.9. The third-order valence-electron chi connectivity index (χ3n) is 3.04. The molecule has 0 spiro atoms. The Hall–Kier alpha value is -1.91. The van der Waals surface area contributed by atoms with Crippen LogP contribution in [-0.2, 0) is 9.59 Å². The van der Waals surface area contributed by atoms with Crippen LogP contribution in [0.25, 0.3) is 0 Å². The quantitative estimate of drug-likeness (QED) is 0.532. The van der Waals surface area contributed by atoms with Gasteiger partial charge in [-0.05, 0) is 36.0 Å². The highest BCUT2D eigenvalue weighted by molar-refractivity contribution is 6.49. The molecule has 2 aliphatic carbocycles. The molecule has 4 nitrogen and oxygen atoms in total. The standard InChI is InChI=1S/C13H8ClNO3/c14-8-1-2-10-7(5-8)6-9-11(15(10)18)3-4-12(16)13(9)17/h1-6,10,18H. The maximum absolute atomic E-state index is 11.7. The molecule has 0 saturated carbocycles. The van der Waals surface area contributed by atoms with Crippen molar-refractivity contribution in [3.63, 3.8) is 0 Å². The summed E-state index contributed by atoms with van der Waals surface area (Å²) in [6, 6.07) is -0.378. The Balaban J connectivity index is 2.15. The van der Waals surface area contributed by atoms with Crippen molar-refractivity contribution in [1.29, 1.82) is 0 Å². The van der Waals surface area contributed by atoms with Crippen LogP contribution in [0.1, 0.15) is 0 Å². The molecule has 1 N–H and O–H groups in total. The summed E-state index contributed by atoms with van der Waals surface area (Å²) in [5, 5.41) is 11.6. The van der Waals surface area contributed by atoms with Crippen molar-refractivity contribution in [2.75, 3.05) is 0 Å². The first-order chi connectivity index (χ1) is 8.58. The van der Waals surface area contributed by atoms with E-state index in [1.807, 2.05) is 0 Å². The van der Waals surface area contributed by atoms with Gasteiger partial charge < -0.3 is 0 Å². The summed E-state index contributed by atoms with van der Waals surface area (Å²) in [7, 11) is 0. The summed E-state index contributed by atoms with van der Waals surface area (Å²) in [6.45, 7) is 0. The maximum atomic E-state index is 11.7. The van der Waals surface area contributed by atoms with Gasteiger partial charge in [0.2, 0.25) is 11.6 Å². The number of hydroxylamine groups is 2. The van der Waals surface area contributed by atoms with Gasteiger partial charge in [0.15, 0.2) is 0 Å². The fourth-order valence-corrected chi connectivity index (χ4v) is 2.36. The monoisotopic (exact) mass is 261 g/mol. The minimum absolute atomic E-state index is 0.201. The van der Waals surface area contributed by atoms with Gasteiger partial charge in [-0.1, -0.05) is 17.7 Å². The molecule has 0 aromatic carbocycles. The first-order valence-corrected chi connectivity index (χ1v) is 5.72. The first-order valence-electron chi connectivity index (χ1n) is 5.34. The molecule has 1 heterocycles. The predicted octanol–water partition coefficient (Wildman–Crippen LogP) is 1.64. The van der Waals surface area contributed by atoms with Crippen molar-refractivity contribution in [3.05, 3.63) is 58.3 Å². The Labute approximate surface area is 108 Å². The van der Waals surface area contributed by atoms with Crippen LogP contribution < -0.4 is 0 Å². The highest BCUT2D eigenvalue weighted by Gasteiger charge is 2.33. The topological polar surface area (TPSA) is 57.6 Å². The minimum Gasteiger partial charge on any atom is -0.287 e. The number of ketones is 2. The second-order valence-electron chi connectivity index (χ2n) is 4.15. The molecule has 0 fully saturated rings. The molecule has 90 valence electrons. The lowest BCUT2D eigenvalue weighted by molar-refractivity contribution is -0.132. The van der Waals surface area contributed by atoms with Crippen LogP contribution in [0.15, 0.2) is 58.3 Å². The third-order valence-corrected chi connectivity index (χ3v) is 3.28. The van der Waals surface area contributed by atoms with Gasteiger partial charge in [0.05, 0.1) is 17.3 Å². The molecule has 0 saturated heterocycles. The van der Waals surface area contributed by atoms with E-state index in [0.717, 1.165) is 5.06 Å². The number of Topliss-reactive ketones (excluding diaryl/α,β-unsaturated/α-hetero) is 1. The second-order valence-corrected chi connectivity index (χ2v) is 4.58. The molecule has 1 unspecified atom stereocenters. The van der Waals surface area contributed by atoms with Crippen LogP contribution in [0.5, 0.6) is 0 Å². The van der Waals surface area contributed by atoms with E-state index >= 15 is 0 Å². The van der Waals surface area contributed by atoms with Crippen LogP contribution in [-0.4, -0.2) is 27.9 Å². The second kappa shape index (κ2) is 3.80. The van der Waals surface area contributed by atoms with Crippen LogP contribution in [0.3, 0.4) is 0 Å². The summed E-state index contributed by atoms with van der Waals surface area (Å²) in [6.07, 6.45) is 9.28. The van der Waals surface area contributed by atoms with Gasteiger partial charge in [0, 0.05) is 5.03 Å². The molecule has 3 rings (SSSR count). The maximum Gasteiger partial charge on any atom is 0.235 e. The SMILES string of the molecule is O=C1C=CC2=C(C=C3C=C(Cl)C=CC3N2O)C1=O. The molecule has 3 aliphatic rings. The van der Waals surface area contributed by atoms with Crippen LogP contribution >= 0.6 is 11.6 Å². The minimum atomic E-state index is -0.614. The van der Waals surface area contributed by atoms with Gasteiger partial charge in [0.1, 0.15) is 0 Å². The lowest BCUT2D eigenvalue weighted by Gasteiger charge is -2.34. The van der Waals surface area contributed by atoms with E-state index in [-0.39, 0.29) is 11.6 Å². The number of allylic oxidation sites excluding steroid dienone is 6. The Morgan fingerprint density at radius 2 is 1.94 bits per heavy atom. The molecule has 0 bridgehead atoms. The van der Waals surface area contributed by atoms with Crippen molar-refractivity contribution in [2.24, 2.45) is 0 Å². The van der Waals surface area contributed by atoms with E-state index in [4.69, 9.17) is 11.6 Å². The van der Waals surface area contributed by atoms with Gasteiger partial charge in [0.25, 0.3) is 0 Å². The Morgan fingerprint density at radius 1 is 1.17 bits per heavy atom. The number of rotatable bonds is 0. The van der Waals surface area contributed by atoms with E-state index in [2.05, 4.69) is 0 Å².